The highest BCUT2D eigenvalue weighted by Gasteiger charge is 2.07. The summed E-state index contributed by atoms with van der Waals surface area (Å²) < 4.78 is 1.66. The lowest BCUT2D eigenvalue weighted by molar-refractivity contribution is -0.121. The van der Waals surface area contributed by atoms with E-state index in [0.717, 1.165) is 0 Å². The molecule has 0 fully saturated rings. The van der Waals surface area contributed by atoms with Gasteiger partial charge in [-0.3, -0.25) is 9.59 Å². The smallest absolute Gasteiger partial charge is 0.282 e. The molecule has 1 aromatic heterocycles. The number of halogens is 1. The van der Waals surface area contributed by atoms with Crippen molar-refractivity contribution in [2.45, 2.75) is 26.3 Å². The average Bonchev–Trinajstić information content (AvgIpc) is 2.28. The Morgan fingerprint density at radius 1 is 1.56 bits per heavy atom. The maximum absolute atomic E-state index is 11.6. The minimum atomic E-state index is -0.216. The molecule has 0 saturated heterocycles. The molecule has 1 rings (SSSR count). The molecule has 0 saturated carbocycles. The molecule has 0 aliphatic rings. The summed E-state index contributed by atoms with van der Waals surface area (Å²) in [5.74, 6) is -0.0228. The number of hydrogen-bond donors (Lipinski definition) is 2. The van der Waals surface area contributed by atoms with Gasteiger partial charge in [-0.15, -0.1) is 0 Å². The van der Waals surface area contributed by atoms with E-state index < -0.39 is 0 Å². The van der Waals surface area contributed by atoms with Crippen LogP contribution in [0.25, 0.3) is 0 Å². The number of anilines is 1. The minimum absolute atomic E-state index is 0.0228. The zero-order valence-electron chi connectivity index (χ0n) is 10.7. The molecule has 0 atom stereocenters. The monoisotopic (exact) mass is 316 g/mol. The molecule has 0 unspecified atom stereocenters. The summed E-state index contributed by atoms with van der Waals surface area (Å²) in [7, 11) is 1.58. The van der Waals surface area contributed by atoms with Crippen molar-refractivity contribution < 1.29 is 4.79 Å². The molecule has 6 nitrogen and oxygen atoms in total. The fraction of sp³-hybridized carbons (Fsp3) is 0.545. The fourth-order valence-corrected chi connectivity index (χ4v) is 1.84. The first-order chi connectivity index (χ1) is 8.41. The SMILES string of the molecule is CC(C)NC(=O)CCNc1cnn(C)c(=O)c1Br. The zero-order valence-corrected chi connectivity index (χ0v) is 12.2. The molecule has 2 N–H and O–H groups in total. The van der Waals surface area contributed by atoms with E-state index in [9.17, 15) is 9.59 Å². The Bertz CT molecular complexity index is 484. The first-order valence-electron chi connectivity index (χ1n) is 5.67. The van der Waals surface area contributed by atoms with E-state index in [0.29, 0.717) is 23.1 Å². The fourth-order valence-electron chi connectivity index (χ4n) is 1.34. The molecule has 0 aromatic carbocycles. The van der Waals surface area contributed by atoms with Crippen LogP contribution < -0.4 is 16.2 Å². The van der Waals surface area contributed by atoms with Gasteiger partial charge in [0, 0.05) is 26.1 Å². The Morgan fingerprint density at radius 2 is 2.22 bits per heavy atom. The highest BCUT2D eigenvalue weighted by molar-refractivity contribution is 9.10. The van der Waals surface area contributed by atoms with Crippen LogP contribution in [-0.4, -0.2) is 28.3 Å². The van der Waals surface area contributed by atoms with Crippen molar-refractivity contribution in [2.75, 3.05) is 11.9 Å². The molecule has 0 aliphatic heterocycles. The van der Waals surface area contributed by atoms with E-state index in [-0.39, 0.29) is 17.5 Å². The van der Waals surface area contributed by atoms with Crippen molar-refractivity contribution >= 4 is 27.5 Å². The van der Waals surface area contributed by atoms with Gasteiger partial charge < -0.3 is 10.6 Å². The van der Waals surface area contributed by atoms with Crippen LogP contribution in [0.3, 0.4) is 0 Å². The summed E-state index contributed by atoms with van der Waals surface area (Å²) in [6.45, 7) is 4.27. The summed E-state index contributed by atoms with van der Waals surface area (Å²) >= 11 is 3.20. The Balaban J connectivity index is 2.52. The minimum Gasteiger partial charge on any atom is -0.382 e. The van der Waals surface area contributed by atoms with Gasteiger partial charge in [-0.1, -0.05) is 0 Å². The number of amides is 1. The second-order valence-electron chi connectivity index (χ2n) is 4.20. The second-order valence-corrected chi connectivity index (χ2v) is 4.99. The van der Waals surface area contributed by atoms with Gasteiger partial charge in [-0.05, 0) is 29.8 Å². The van der Waals surface area contributed by atoms with E-state index in [4.69, 9.17) is 0 Å². The van der Waals surface area contributed by atoms with Crippen LogP contribution >= 0.6 is 15.9 Å². The topological polar surface area (TPSA) is 76.0 Å². The van der Waals surface area contributed by atoms with Crippen LogP contribution in [0.2, 0.25) is 0 Å². The largest absolute Gasteiger partial charge is 0.382 e. The third-order valence-electron chi connectivity index (χ3n) is 2.20. The number of rotatable bonds is 5. The van der Waals surface area contributed by atoms with Crippen LogP contribution in [0.1, 0.15) is 20.3 Å². The Kier molecular flexibility index (Phi) is 5.33. The zero-order chi connectivity index (χ0) is 13.7. The van der Waals surface area contributed by atoms with Crippen molar-refractivity contribution in [2.24, 2.45) is 7.05 Å². The normalized spacial score (nSPS) is 10.5. The molecule has 0 radical (unpaired) electrons. The lowest BCUT2D eigenvalue weighted by Gasteiger charge is -2.10. The summed E-state index contributed by atoms with van der Waals surface area (Å²) in [6, 6.07) is 0.134. The van der Waals surface area contributed by atoms with Gasteiger partial charge in [0.15, 0.2) is 0 Å². The van der Waals surface area contributed by atoms with Crippen LogP contribution in [0, 0.1) is 0 Å². The number of nitrogens with zero attached hydrogens (tertiary/aromatic N) is 2. The predicted molar refractivity (Wildman–Crippen MR) is 73.6 cm³/mol. The molecular weight excluding hydrogens is 300 g/mol. The summed E-state index contributed by atoms with van der Waals surface area (Å²) in [5.41, 5.74) is 0.377. The number of aromatic nitrogens is 2. The molecule has 0 aliphatic carbocycles. The summed E-state index contributed by atoms with van der Waals surface area (Å²) in [6.07, 6.45) is 1.89. The van der Waals surface area contributed by atoms with Crippen LogP contribution in [0.5, 0.6) is 0 Å². The van der Waals surface area contributed by atoms with Gasteiger partial charge in [0.2, 0.25) is 5.91 Å². The maximum Gasteiger partial charge on any atom is 0.282 e. The van der Waals surface area contributed by atoms with Gasteiger partial charge in [-0.2, -0.15) is 5.10 Å². The van der Waals surface area contributed by atoms with Gasteiger partial charge in [0.05, 0.1) is 11.9 Å². The molecule has 1 heterocycles. The van der Waals surface area contributed by atoms with Gasteiger partial charge in [-0.25, -0.2) is 4.68 Å². The summed E-state index contributed by atoms with van der Waals surface area (Å²) in [5, 5.41) is 9.69. The molecule has 0 spiro atoms. The van der Waals surface area contributed by atoms with Crippen molar-refractivity contribution in [3.05, 3.63) is 21.0 Å². The van der Waals surface area contributed by atoms with Gasteiger partial charge >= 0.3 is 0 Å². The standard InChI is InChI=1S/C11H17BrN4O2/c1-7(2)15-9(17)4-5-13-8-6-14-16(3)11(18)10(8)12/h6-7,13H,4-5H2,1-3H3,(H,15,17). The number of aryl methyl sites for hydroxylation is 1. The van der Waals surface area contributed by atoms with E-state index in [1.165, 1.54) is 4.68 Å². The number of carbonyl (C=O) groups excluding carboxylic acids is 1. The van der Waals surface area contributed by atoms with Crippen LogP contribution in [0.4, 0.5) is 5.69 Å². The van der Waals surface area contributed by atoms with E-state index in [1.807, 2.05) is 13.8 Å². The Labute approximate surface area is 114 Å². The average molecular weight is 317 g/mol. The third-order valence-corrected chi connectivity index (χ3v) is 2.96. The van der Waals surface area contributed by atoms with Crippen molar-refractivity contribution in [3.63, 3.8) is 0 Å². The maximum atomic E-state index is 11.6. The molecule has 1 amide bonds. The quantitative estimate of drug-likeness (QED) is 0.845. The van der Waals surface area contributed by atoms with Crippen LogP contribution in [-0.2, 0) is 11.8 Å². The lowest BCUT2D eigenvalue weighted by Crippen LogP contribution is -2.31. The van der Waals surface area contributed by atoms with E-state index >= 15 is 0 Å². The highest BCUT2D eigenvalue weighted by Crippen LogP contribution is 2.15. The van der Waals surface area contributed by atoms with Crippen molar-refractivity contribution in [3.8, 4) is 0 Å². The van der Waals surface area contributed by atoms with E-state index in [1.54, 1.807) is 13.2 Å². The molecule has 7 heteroatoms. The number of nitrogens with one attached hydrogen (secondary N) is 2. The van der Waals surface area contributed by atoms with Crippen molar-refractivity contribution in [1.29, 1.82) is 0 Å². The summed E-state index contributed by atoms with van der Waals surface area (Å²) in [4.78, 5) is 23.0. The molecule has 0 bridgehead atoms. The third kappa shape index (κ3) is 4.14. The molecule has 18 heavy (non-hydrogen) atoms. The van der Waals surface area contributed by atoms with Crippen molar-refractivity contribution in [1.82, 2.24) is 15.1 Å². The predicted octanol–water partition coefficient (Wildman–Crippen LogP) is 0.869. The highest BCUT2D eigenvalue weighted by atomic mass is 79.9. The van der Waals surface area contributed by atoms with Gasteiger partial charge in [0.1, 0.15) is 4.47 Å². The first kappa shape index (κ1) is 14.7. The molecule has 100 valence electrons. The molecule has 1 aromatic rings. The second kappa shape index (κ2) is 6.53. The molecular formula is C11H17BrN4O2. The number of hydrogen-bond acceptors (Lipinski definition) is 4. The number of carbonyl (C=O) groups is 1. The van der Waals surface area contributed by atoms with E-state index in [2.05, 4.69) is 31.7 Å². The van der Waals surface area contributed by atoms with Gasteiger partial charge in [0.25, 0.3) is 5.56 Å². The Hall–Kier alpha value is -1.37. The lowest BCUT2D eigenvalue weighted by atomic mass is 10.3. The van der Waals surface area contributed by atoms with Crippen LogP contribution in [0.15, 0.2) is 15.5 Å². The Morgan fingerprint density at radius 3 is 2.83 bits per heavy atom. The first-order valence-corrected chi connectivity index (χ1v) is 6.46.